The Bertz CT molecular complexity index is 2220. The van der Waals surface area contributed by atoms with Crippen LogP contribution in [-0.2, 0) is 27.2 Å². The number of thiophene rings is 1. The van der Waals surface area contributed by atoms with Gasteiger partial charge in [-0.2, -0.15) is 0 Å². The van der Waals surface area contributed by atoms with Crippen LogP contribution in [0.15, 0.2) is 120 Å². The molecule has 280 valence electrons. The molecule has 6 rings (SSSR count). The summed E-state index contributed by atoms with van der Waals surface area (Å²) >= 11 is 2.72. The molecule has 1 aromatic heterocycles. The molecule has 0 fully saturated rings. The van der Waals surface area contributed by atoms with Gasteiger partial charge in [0.15, 0.2) is 0 Å². The number of carbonyl (C=O) groups excluding carboxylic acids is 4. The molecular weight excluding hydrogens is 737 g/mol. The van der Waals surface area contributed by atoms with Crippen LogP contribution in [0.4, 0.5) is 16.4 Å². The topological polar surface area (TPSA) is 157 Å². The summed E-state index contributed by atoms with van der Waals surface area (Å²) in [6.45, 7) is 1.98. The zero-order valence-corrected chi connectivity index (χ0v) is 31.5. The molecule has 3 N–H and O–H groups in total. The second-order valence-electron chi connectivity index (χ2n) is 12.6. The second kappa shape index (κ2) is 18.3. The summed E-state index contributed by atoms with van der Waals surface area (Å²) in [7, 11) is 0. The molecule has 1 heterocycles. The number of fused-ring (bicyclic) bond motifs is 1. The number of esters is 1. The highest BCUT2D eigenvalue weighted by molar-refractivity contribution is 8.00. The number of hydrogen-bond donors (Lipinski definition) is 3. The molecule has 1 aliphatic rings. The smallest absolute Gasteiger partial charge is 0.341 e. The lowest BCUT2D eigenvalue weighted by Crippen LogP contribution is -2.30. The number of carbonyl (C=O) groups is 4. The maximum absolute atomic E-state index is 14.2. The van der Waals surface area contributed by atoms with Gasteiger partial charge in [0, 0.05) is 33.2 Å². The fourth-order valence-electron chi connectivity index (χ4n) is 6.11. The summed E-state index contributed by atoms with van der Waals surface area (Å²) in [6, 6.07) is 30.3. The first kappa shape index (κ1) is 38.7. The van der Waals surface area contributed by atoms with E-state index in [9.17, 15) is 29.3 Å². The third kappa shape index (κ3) is 9.93. The number of amides is 3. The van der Waals surface area contributed by atoms with Gasteiger partial charge in [-0.05, 0) is 97.8 Å². The summed E-state index contributed by atoms with van der Waals surface area (Å²) < 4.78 is 5.43. The average molecular weight is 775 g/mol. The highest BCUT2D eigenvalue weighted by Gasteiger charge is 2.30. The molecule has 1 aliphatic carbocycles. The molecule has 0 saturated carbocycles. The molecule has 4 aromatic carbocycles. The fourth-order valence-corrected chi connectivity index (χ4v) is 8.47. The summed E-state index contributed by atoms with van der Waals surface area (Å²) in [5.41, 5.74) is 3.14. The largest absolute Gasteiger partial charge is 0.462 e. The van der Waals surface area contributed by atoms with Gasteiger partial charge < -0.3 is 20.7 Å². The summed E-state index contributed by atoms with van der Waals surface area (Å²) in [5, 5.41) is 19.5. The molecule has 0 saturated heterocycles. The first-order chi connectivity index (χ1) is 26.7. The van der Waals surface area contributed by atoms with Crippen molar-refractivity contribution in [3.05, 3.63) is 158 Å². The SMILES string of the molecule is CCOC(=O)c1c(NC(=O)C(Sc2cccc(NC(=O)/C(=C\c3ccc([N+](=O)[O-])cc3)NC(=O)c3ccccc3)c2)c2ccccc2)sc2c1CCCCC2. The van der Waals surface area contributed by atoms with Gasteiger partial charge in [-0.3, -0.25) is 24.5 Å². The van der Waals surface area contributed by atoms with E-state index >= 15 is 0 Å². The van der Waals surface area contributed by atoms with Crippen molar-refractivity contribution in [2.24, 2.45) is 0 Å². The van der Waals surface area contributed by atoms with Gasteiger partial charge in [-0.25, -0.2) is 4.79 Å². The molecule has 0 radical (unpaired) electrons. The molecule has 3 amide bonds. The van der Waals surface area contributed by atoms with Crippen molar-refractivity contribution < 1.29 is 28.8 Å². The van der Waals surface area contributed by atoms with Crippen LogP contribution < -0.4 is 16.0 Å². The van der Waals surface area contributed by atoms with Crippen LogP contribution in [0, 0.1) is 10.1 Å². The Morgan fingerprint density at radius 1 is 0.873 bits per heavy atom. The minimum Gasteiger partial charge on any atom is -0.462 e. The number of thioether (sulfide) groups is 1. The van der Waals surface area contributed by atoms with Gasteiger partial charge in [0.05, 0.1) is 17.1 Å². The minimum absolute atomic E-state index is 0.0888. The molecule has 0 aliphatic heterocycles. The first-order valence-corrected chi connectivity index (χ1v) is 19.5. The van der Waals surface area contributed by atoms with Crippen molar-refractivity contribution in [3.63, 3.8) is 0 Å². The van der Waals surface area contributed by atoms with E-state index in [-0.39, 0.29) is 23.9 Å². The minimum atomic E-state index is -0.730. The fraction of sp³-hybridized carbons (Fsp3) is 0.190. The van der Waals surface area contributed by atoms with Gasteiger partial charge in [-0.15, -0.1) is 23.1 Å². The van der Waals surface area contributed by atoms with Crippen molar-refractivity contribution in [3.8, 4) is 0 Å². The van der Waals surface area contributed by atoms with Crippen LogP contribution in [0.5, 0.6) is 0 Å². The number of nitro benzene ring substituents is 1. The van der Waals surface area contributed by atoms with E-state index in [4.69, 9.17) is 4.74 Å². The number of nitro groups is 1. The standard InChI is InChI=1S/C42H38N4O7S2/c1-2-53-42(50)36-33-19-10-5-11-20-35(33)55-41(36)45-40(49)37(28-13-6-3-7-14-28)54-32-18-12-17-30(26-32)43-39(48)34(44-38(47)29-15-8-4-9-16-29)25-27-21-23-31(24-22-27)46(51)52/h3-4,6-9,12-18,21-26,37H,2,5,10-11,19-20H2,1H3,(H,43,48)(H,44,47)(H,45,49)/b34-25+. The van der Waals surface area contributed by atoms with Gasteiger partial charge in [0.25, 0.3) is 17.5 Å². The predicted octanol–water partition coefficient (Wildman–Crippen LogP) is 8.98. The summed E-state index contributed by atoms with van der Waals surface area (Å²) in [5.74, 6) is -1.90. The van der Waals surface area contributed by atoms with E-state index in [0.717, 1.165) is 48.1 Å². The van der Waals surface area contributed by atoms with Crippen LogP contribution in [0.1, 0.15) is 73.7 Å². The Morgan fingerprint density at radius 2 is 1.58 bits per heavy atom. The molecule has 1 atom stereocenters. The third-order valence-corrected chi connectivity index (χ3v) is 11.2. The lowest BCUT2D eigenvalue weighted by atomic mass is 10.1. The van der Waals surface area contributed by atoms with E-state index in [0.29, 0.717) is 32.3 Å². The number of nitrogens with zero attached hydrogens (tertiary/aromatic N) is 1. The van der Waals surface area contributed by atoms with Crippen molar-refractivity contribution in [1.82, 2.24) is 5.32 Å². The number of rotatable bonds is 13. The van der Waals surface area contributed by atoms with Crippen molar-refractivity contribution in [1.29, 1.82) is 0 Å². The normalized spacial score (nSPS) is 13.1. The maximum atomic E-state index is 14.2. The monoisotopic (exact) mass is 774 g/mol. The first-order valence-electron chi connectivity index (χ1n) is 17.8. The molecule has 13 heteroatoms. The van der Waals surface area contributed by atoms with E-state index in [1.165, 1.54) is 53.4 Å². The quantitative estimate of drug-likeness (QED) is 0.0267. The second-order valence-corrected chi connectivity index (χ2v) is 14.9. The summed E-state index contributed by atoms with van der Waals surface area (Å²) in [4.78, 5) is 66.7. The molecule has 5 aromatic rings. The van der Waals surface area contributed by atoms with Crippen LogP contribution in [0.2, 0.25) is 0 Å². The van der Waals surface area contributed by atoms with Gasteiger partial charge in [0.2, 0.25) is 5.91 Å². The summed E-state index contributed by atoms with van der Waals surface area (Å²) in [6.07, 6.45) is 6.10. The maximum Gasteiger partial charge on any atom is 0.341 e. The predicted molar refractivity (Wildman–Crippen MR) is 215 cm³/mol. The molecule has 0 bridgehead atoms. The Balaban J connectivity index is 1.25. The lowest BCUT2D eigenvalue weighted by Gasteiger charge is -2.18. The van der Waals surface area contributed by atoms with E-state index in [2.05, 4.69) is 16.0 Å². The van der Waals surface area contributed by atoms with Crippen LogP contribution in [0.3, 0.4) is 0 Å². The van der Waals surface area contributed by atoms with Crippen molar-refractivity contribution >= 4 is 69.2 Å². The Labute approximate surface area is 326 Å². The van der Waals surface area contributed by atoms with E-state index in [1.54, 1.807) is 55.5 Å². The molecule has 1 unspecified atom stereocenters. The highest BCUT2D eigenvalue weighted by atomic mass is 32.2. The number of ether oxygens (including phenoxy) is 1. The Hall–Kier alpha value is -6.05. The number of benzene rings is 4. The van der Waals surface area contributed by atoms with Crippen molar-refractivity contribution in [2.75, 3.05) is 17.2 Å². The van der Waals surface area contributed by atoms with Crippen molar-refractivity contribution in [2.45, 2.75) is 49.2 Å². The van der Waals surface area contributed by atoms with E-state index in [1.807, 2.05) is 36.4 Å². The van der Waals surface area contributed by atoms with Gasteiger partial charge >= 0.3 is 5.97 Å². The molecule has 0 spiro atoms. The average Bonchev–Trinajstić information content (AvgIpc) is 3.37. The zero-order chi connectivity index (χ0) is 38.7. The van der Waals surface area contributed by atoms with Crippen LogP contribution in [0.25, 0.3) is 6.08 Å². The number of nitrogens with one attached hydrogen (secondary N) is 3. The number of non-ortho nitro benzene ring substituents is 1. The van der Waals surface area contributed by atoms with Gasteiger partial charge in [-0.1, -0.05) is 61.0 Å². The molecule has 55 heavy (non-hydrogen) atoms. The van der Waals surface area contributed by atoms with E-state index < -0.39 is 28.0 Å². The molecule has 11 nitrogen and oxygen atoms in total. The van der Waals surface area contributed by atoms with Crippen LogP contribution >= 0.6 is 23.1 Å². The molecular formula is C42H38N4O7S2. The lowest BCUT2D eigenvalue weighted by molar-refractivity contribution is -0.384. The number of anilines is 2. The highest BCUT2D eigenvalue weighted by Crippen LogP contribution is 2.41. The zero-order valence-electron chi connectivity index (χ0n) is 29.9. The Morgan fingerprint density at radius 3 is 2.29 bits per heavy atom. The number of hydrogen-bond acceptors (Lipinski definition) is 9. The number of aryl methyl sites for hydroxylation is 1. The Kier molecular flexibility index (Phi) is 12.9. The van der Waals surface area contributed by atoms with Gasteiger partial charge in [0.1, 0.15) is 15.9 Å². The van der Waals surface area contributed by atoms with Crippen LogP contribution in [-0.4, -0.2) is 35.2 Å². The third-order valence-electron chi connectivity index (χ3n) is 8.77.